The zero-order valence-corrected chi connectivity index (χ0v) is 11.2. The Morgan fingerprint density at radius 1 is 1.32 bits per heavy atom. The average molecular weight is 290 g/mol. The predicted octanol–water partition coefficient (Wildman–Crippen LogP) is 2.87. The van der Waals surface area contributed by atoms with Gasteiger partial charge < -0.3 is 9.64 Å². The van der Waals surface area contributed by atoms with Crippen molar-refractivity contribution in [1.82, 2.24) is 4.90 Å². The van der Waals surface area contributed by atoms with Crippen molar-refractivity contribution in [3.8, 4) is 0 Å². The lowest BCUT2D eigenvalue weighted by atomic mass is 10.1. The number of hydrogen-bond donors (Lipinski definition) is 0. The van der Waals surface area contributed by atoms with E-state index in [0.29, 0.717) is 13.1 Å². The first kappa shape index (κ1) is 14.2. The number of benzene rings is 1. The summed E-state index contributed by atoms with van der Waals surface area (Å²) in [7, 11) is 1.63. The smallest absolute Gasteiger partial charge is 0.255 e. The summed E-state index contributed by atoms with van der Waals surface area (Å²) >= 11 is 5.79. The lowest BCUT2D eigenvalue weighted by Gasteiger charge is -2.31. The molecule has 0 aliphatic carbocycles. The lowest BCUT2D eigenvalue weighted by Crippen LogP contribution is -2.40. The van der Waals surface area contributed by atoms with Crippen molar-refractivity contribution in [2.45, 2.75) is 18.9 Å². The predicted molar refractivity (Wildman–Crippen MR) is 67.3 cm³/mol. The monoisotopic (exact) mass is 289 g/mol. The number of methoxy groups -OCH3 is 1. The molecule has 104 valence electrons. The first-order valence-electron chi connectivity index (χ1n) is 5.99. The summed E-state index contributed by atoms with van der Waals surface area (Å²) < 4.78 is 31.4. The van der Waals surface area contributed by atoms with E-state index < -0.39 is 11.6 Å². The molecule has 1 aliphatic heterocycles. The Hall–Kier alpha value is -1.20. The summed E-state index contributed by atoms with van der Waals surface area (Å²) in [6.07, 6.45) is 1.59. The van der Waals surface area contributed by atoms with Crippen LogP contribution >= 0.6 is 11.6 Å². The highest BCUT2D eigenvalue weighted by atomic mass is 35.5. The van der Waals surface area contributed by atoms with E-state index in [9.17, 15) is 13.6 Å². The number of halogens is 3. The Kier molecular flexibility index (Phi) is 4.37. The van der Waals surface area contributed by atoms with Gasteiger partial charge in [0.05, 0.1) is 16.7 Å². The number of rotatable bonds is 2. The molecular formula is C13H14ClF2NO2. The van der Waals surface area contributed by atoms with E-state index in [1.165, 1.54) is 0 Å². The molecule has 1 heterocycles. The summed E-state index contributed by atoms with van der Waals surface area (Å²) in [4.78, 5) is 13.8. The molecule has 0 N–H and O–H groups in total. The van der Waals surface area contributed by atoms with Gasteiger partial charge in [-0.2, -0.15) is 0 Å². The Bertz CT molecular complexity index is 488. The van der Waals surface area contributed by atoms with Gasteiger partial charge >= 0.3 is 0 Å². The zero-order chi connectivity index (χ0) is 14.0. The molecule has 19 heavy (non-hydrogen) atoms. The fourth-order valence-electron chi connectivity index (χ4n) is 2.15. The number of carbonyl (C=O) groups is 1. The summed E-state index contributed by atoms with van der Waals surface area (Å²) in [6, 6.07) is 1.68. The van der Waals surface area contributed by atoms with Crippen LogP contribution in [0.15, 0.2) is 12.1 Å². The van der Waals surface area contributed by atoms with Gasteiger partial charge in [0.15, 0.2) is 11.6 Å². The number of piperidine rings is 1. The van der Waals surface area contributed by atoms with Gasteiger partial charge in [-0.05, 0) is 25.0 Å². The van der Waals surface area contributed by atoms with Crippen LogP contribution in [0.25, 0.3) is 0 Å². The second-order valence-electron chi connectivity index (χ2n) is 4.47. The molecule has 0 radical (unpaired) electrons. The molecule has 1 aromatic rings. The van der Waals surface area contributed by atoms with E-state index in [0.717, 1.165) is 25.0 Å². The second kappa shape index (κ2) is 5.84. The highest BCUT2D eigenvalue weighted by Gasteiger charge is 2.25. The van der Waals surface area contributed by atoms with Gasteiger partial charge in [-0.15, -0.1) is 0 Å². The average Bonchev–Trinajstić information content (AvgIpc) is 2.42. The van der Waals surface area contributed by atoms with Crippen LogP contribution in [0, 0.1) is 11.6 Å². The number of carbonyl (C=O) groups excluding carboxylic acids is 1. The van der Waals surface area contributed by atoms with E-state index in [4.69, 9.17) is 16.3 Å². The molecule has 1 aromatic carbocycles. The van der Waals surface area contributed by atoms with Crippen LogP contribution in [0.2, 0.25) is 5.02 Å². The molecule has 1 fully saturated rings. The number of nitrogens with zero attached hydrogens (tertiary/aromatic N) is 1. The number of amides is 1. The summed E-state index contributed by atoms with van der Waals surface area (Å²) in [6.45, 7) is 1.04. The van der Waals surface area contributed by atoms with Crippen molar-refractivity contribution < 1.29 is 18.3 Å². The minimum Gasteiger partial charge on any atom is -0.381 e. The van der Waals surface area contributed by atoms with E-state index in [2.05, 4.69) is 0 Å². The largest absolute Gasteiger partial charge is 0.381 e. The first-order chi connectivity index (χ1) is 9.02. The molecule has 1 saturated heterocycles. The molecule has 1 amide bonds. The molecule has 0 bridgehead atoms. The maximum Gasteiger partial charge on any atom is 0.255 e. The van der Waals surface area contributed by atoms with Gasteiger partial charge in [-0.3, -0.25) is 4.79 Å². The minimum absolute atomic E-state index is 0.00330. The molecule has 2 rings (SSSR count). The third kappa shape index (κ3) is 3.04. The fourth-order valence-corrected chi connectivity index (χ4v) is 2.38. The second-order valence-corrected chi connectivity index (χ2v) is 4.88. The van der Waals surface area contributed by atoms with Crippen molar-refractivity contribution in [1.29, 1.82) is 0 Å². The van der Waals surface area contributed by atoms with Gasteiger partial charge in [0.25, 0.3) is 5.91 Å². The molecular weight excluding hydrogens is 276 g/mol. The molecule has 1 aliphatic rings. The summed E-state index contributed by atoms with van der Waals surface area (Å²) in [5.41, 5.74) is -0.00330. The lowest BCUT2D eigenvalue weighted by molar-refractivity contribution is 0.0350. The van der Waals surface area contributed by atoms with E-state index in [1.807, 2.05) is 0 Å². The molecule has 6 heteroatoms. The molecule has 3 nitrogen and oxygen atoms in total. The third-order valence-electron chi connectivity index (χ3n) is 3.30. The van der Waals surface area contributed by atoms with Crippen LogP contribution in [0.3, 0.4) is 0 Å². The maximum atomic E-state index is 13.2. The molecule has 0 spiro atoms. The van der Waals surface area contributed by atoms with Crippen LogP contribution in [-0.4, -0.2) is 37.1 Å². The third-order valence-corrected chi connectivity index (χ3v) is 3.62. The highest BCUT2D eigenvalue weighted by Crippen LogP contribution is 2.23. The SMILES string of the molecule is COC1CCN(C(=O)c2cc(F)c(F)cc2Cl)CC1. The van der Waals surface area contributed by atoms with E-state index >= 15 is 0 Å². The van der Waals surface area contributed by atoms with Gasteiger partial charge in [-0.25, -0.2) is 8.78 Å². The maximum absolute atomic E-state index is 13.2. The zero-order valence-electron chi connectivity index (χ0n) is 10.5. The number of hydrogen-bond acceptors (Lipinski definition) is 2. The van der Waals surface area contributed by atoms with Crippen molar-refractivity contribution in [3.05, 3.63) is 34.4 Å². The normalized spacial score (nSPS) is 16.7. The van der Waals surface area contributed by atoms with Crippen molar-refractivity contribution >= 4 is 17.5 Å². The minimum atomic E-state index is -1.07. The van der Waals surface area contributed by atoms with Gasteiger partial charge in [-0.1, -0.05) is 11.6 Å². The number of ether oxygens (including phenoxy) is 1. The number of likely N-dealkylation sites (tertiary alicyclic amines) is 1. The highest BCUT2D eigenvalue weighted by molar-refractivity contribution is 6.33. The quantitative estimate of drug-likeness (QED) is 0.784. The summed E-state index contributed by atoms with van der Waals surface area (Å²) in [5, 5.41) is -0.0715. The van der Waals surface area contributed by atoms with Gasteiger partial charge in [0.2, 0.25) is 0 Å². The fraction of sp³-hybridized carbons (Fsp3) is 0.462. The van der Waals surface area contributed by atoms with E-state index in [-0.39, 0.29) is 22.6 Å². The standard InChI is InChI=1S/C13H14ClF2NO2/c1-19-8-2-4-17(5-3-8)13(18)9-6-11(15)12(16)7-10(9)14/h6-8H,2-5H2,1H3. The van der Waals surface area contributed by atoms with E-state index in [1.54, 1.807) is 12.0 Å². The van der Waals surface area contributed by atoms with Crippen LogP contribution in [0.4, 0.5) is 8.78 Å². The Labute approximate surface area is 115 Å². The topological polar surface area (TPSA) is 29.5 Å². The summed E-state index contributed by atoms with van der Waals surface area (Å²) in [5.74, 6) is -2.50. The van der Waals surface area contributed by atoms with Gasteiger partial charge in [0.1, 0.15) is 0 Å². The van der Waals surface area contributed by atoms with Crippen molar-refractivity contribution in [3.63, 3.8) is 0 Å². The van der Waals surface area contributed by atoms with Crippen molar-refractivity contribution in [2.75, 3.05) is 20.2 Å². The first-order valence-corrected chi connectivity index (χ1v) is 6.37. The molecule has 0 aromatic heterocycles. The van der Waals surface area contributed by atoms with Crippen LogP contribution in [0.1, 0.15) is 23.2 Å². The van der Waals surface area contributed by atoms with Crippen molar-refractivity contribution in [2.24, 2.45) is 0 Å². The Morgan fingerprint density at radius 3 is 2.47 bits per heavy atom. The molecule has 0 atom stereocenters. The van der Waals surface area contributed by atoms with Gasteiger partial charge in [0, 0.05) is 20.2 Å². The van der Waals surface area contributed by atoms with Crippen LogP contribution < -0.4 is 0 Å². The Morgan fingerprint density at radius 2 is 1.89 bits per heavy atom. The Balaban J connectivity index is 2.14. The van der Waals surface area contributed by atoms with Crippen LogP contribution in [-0.2, 0) is 4.74 Å². The van der Waals surface area contributed by atoms with Crippen LogP contribution in [0.5, 0.6) is 0 Å². The molecule has 0 unspecified atom stereocenters. The molecule has 0 saturated carbocycles.